The zero-order chi connectivity index (χ0) is 15.5. The van der Waals surface area contributed by atoms with Crippen LogP contribution in [-0.2, 0) is 0 Å². The Balaban J connectivity index is 0.00000441. The van der Waals surface area contributed by atoms with Crippen molar-refractivity contribution in [2.45, 2.75) is 33.6 Å². The molecule has 0 saturated heterocycles. The van der Waals surface area contributed by atoms with E-state index in [1.165, 1.54) is 0 Å². The normalized spacial score (nSPS) is 10.6. The second kappa shape index (κ2) is 12.4. The predicted molar refractivity (Wildman–Crippen MR) is 104 cm³/mol. The lowest BCUT2D eigenvalue weighted by molar-refractivity contribution is 0.311. The summed E-state index contributed by atoms with van der Waals surface area (Å²) in [6.07, 6.45) is 2.23. The highest BCUT2D eigenvalue weighted by molar-refractivity contribution is 14.0. The molecule has 0 aliphatic rings. The van der Waals surface area contributed by atoms with Crippen molar-refractivity contribution in [3.63, 3.8) is 0 Å². The third kappa shape index (κ3) is 7.20. The minimum Gasteiger partial charge on any atom is -0.493 e. The lowest BCUT2D eigenvalue weighted by atomic mass is 10.2. The van der Waals surface area contributed by atoms with Crippen LogP contribution in [0.1, 0.15) is 33.6 Å². The van der Waals surface area contributed by atoms with Crippen LogP contribution in [0, 0.1) is 0 Å². The van der Waals surface area contributed by atoms with E-state index in [1.807, 2.05) is 25.1 Å². The molecule has 0 radical (unpaired) electrons. The van der Waals surface area contributed by atoms with Gasteiger partial charge in [-0.1, -0.05) is 13.3 Å². The smallest absolute Gasteiger partial charge is 0.195 e. The van der Waals surface area contributed by atoms with Crippen LogP contribution in [-0.4, -0.2) is 32.8 Å². The number of methoxy groups -OCH3 is 1. The highest BCUT2D eigenvalue weighted by Crippen LogP contribution is 2.30. The van der Waals surface area contributed by atoms with E-state index in [0.29, 0.717) is 6.61 Å². The summed E-state index contributed by atoms with van der Waals surface area (Å²) in [4.78, 5) is 4.54. The number of anilines is 1. The van der Waals surface area contributed by atoms with E-state index in [1.54, 1.807) is 7.11 Å². The lowest BCUT2D eigenvalue weighted by Crippen LogP contribution is -2.30. The molecule has 0 heterocycles. The molecule has 0 aliphatic carbocycles. The number of hydrogen-bond donors (Lipinski definition) is 2. The van der Waals surface area contributed by atoms with Gasteiger partial charge < -0.3 is 20.1 Å². The first-order valence-corrected chi connectivity index (χ1v) is 7.61. The van der Waals surface area contributed by atoms with E-state index in [4.69, 9.17) is 9.47 Å². The number of halogens is 1. The van der Waals surface area contributed by atoms with Gasteiger partial charge in [-0.15, -0.1) is 24.0 Å². The molecule has 0 bridgehead atoms. The Bertz CT molecular complexity index is 453. The van der Waals surface area contributed by atoms with E-state index in [9.17, 15) is 0 Å². The Kier molecular flexibility index (Phi) is 11.7. The molecule has 0 spiro atoms. The monoisotopic (exact) mass is 421 g/mol. The largest absolute Gasteiger partial charge is 0.493 e. The fourth-order valence-corrected chi connectivity index (χ4v) is 1.82. The summed E-state index contributed by atoms with van der Waals surface area (Å²) in [6, 6.07) is 5.77. The second-order valence-corrected chi connectivity index (χ2v) is 4.54. The average Bonchev–Trinajstić information content (AvgIpc) is 2.48. The van der Waals surface area contributed by atoms with Gasteiger partial charge in [-0.3, -0.25) is 4.99 Å². The number of nitrogens with one attached hydrogen (secondary N) is 2. The molecule has 22 heavy (non-hydrogen) atoms. The molecule has 2 N–H and O–H groups in total. The molecular weight excluding hydrogens is 393 g/mol. The van der Waals surface area contributed by atoms with Crippen molar-refractivity contribution >= 4 is 35.6 Å². The molecule has 0 aromatic heterocycles. The van der Waals surface area contributed by atoms with Crippen LogP contribution in [0.3, 0.4) is 0 Å². The summed E-state index contributed by atoms with van der Waals surface area (Å²) in [5.41, 5.74) is 0.926. The summed E-state index contributed by atoms with van der Waals surface area (Å²) < 4.78 is 10.9. The summed E-state index contributed by atoms with van der Waals surface area (Å²) in [5.74, 6) is 2.25. The van der Waals surface area contributed by atoms with E-state index in [-0.39, 0.29) is 24.0 Å². The number of nitrogens with zero attached hydrogens (tertiary/aromatic N) is 1. The maximum absolute atomic E-state index is 5.58. The summed E-state index contributed by atoms with van der Waals surface area (Å²) in [5, 5.41) is 6.53. The molecule has 1 aromatic carbocycles. The van der Waals surface area contributed by atoms with E-state index in [0.717, 1.165) is 49.1 Å². The van der Waals surface area contributed by atoms with Gasteiger partial charge in [-0.05, 0) is 32.4 Å². The predicted octanol–water partition coefficient (Wildman–Crippen LogP) is 3.89. The first-order valence-electron chi connectivity index (χ1n) is 7.61. The molecule has 0 fully saturated rings. The van der Waals surface area contributed by atoms with Gasteiger partial charge in [0.2, 0.25) is 0 Å². The van der Waals surface area contributed by atoms with E-state index >= 15 is 0 Å². The van der Waals surface area contributed by atoms with Crippen molar-refractivity contribution in [1.82, 2.24) is 5.32 Å². The van der Waals surface area contributed by atoms with Gasteiger partial charge in [0, 0.05) is 24.8 Å². The van der Waals surface area contributed by atoms with Crippen molar-refractivity contribution < 1.29 is 9.47 Å². The zero-order valence-corrected chi connectivity index (χ0v) is 16.3. The molecule has 0 amide bonds. The quantitative estimate of drug-likeness (QED) is 0.290. The second-order valence-electron chi connectivity index (χ2n) is 4.54. The van der Waals surface area contributed by atoms with Gasteiger partial charge in [0.1, 0.15) is 0 Å². The minimum absolute atomic E-state index is 0. The van der Waals surface area contributed by atoms with Crippen molar-refractivity contribution in [3.05, 3.63) is 18.2 Å². The molecule has 126 valence electrons. The molecule has 0 saturated carbocycles. The number of benzene rings is 1. The van der Waals surface area contributed by atoms with Gasteiger partial charge >= 0.3 is 0 Å². The molecule has 6 heteroatoms. The van der Waals surface area contributed by atoms with Gasteiger partial charge in [0.05, 0.1) is 13.7 Å². The van der Waals surface area contributed by atoms with Crippen LogP contribution in [0.15, 0.2) is 23.2 Å². The maximum atomic E-state index is 5.58. The highest BCUT2D eigenvalue weighted by Gasteiger charge is 2.06. The Labute approximate surface area is 150 Å². The first kappa shape index (κ1) is 20.8. The first-order chi connectivity index (χ1) is 10.2. The third-order valence-corrected chi connectivity index (χ3v) is 2.85. The Morgan fingerprint density at radius 3 is 2.55 bits per heavy atom. The molecule has 5 nitrogen and oxygen atoms in total. The van der Waals surface area contributed by atoms with Crippen molar-refractivity contribution in [1.29, 1.82) is 0 Å². The van der Waals surface area contributed by atoms with E-state index in [2.05, 4.69) is 29.5 Å². The standard InChI is InChI=1S/C16H27N3O2.HI/c1-5-8-11-18-16(17-6-2)19-13-9-10-14(20-4)15(12-13)21-7-3;/h9-10,12H,5-8,11H2,1-4H3,(H2,17,18,19);1H. The number of hydrogen-bond acceptors (Lipinski definition) is 3. The Morgan fingerprint density at radius 2 is 1.95 bits per heavy atom. The molecular formula is C16H28IN3O2. The molecule has 1 aromatic rings. The minimum atomic E-state index is 0. The number of guanidine groups is 1. The van der Waals surface area contributed by atoms with Crippen LogP contribution in [0.5, 0.6) is 11.5 Å². The van der Waals surface area contributed by atoms with Crippen LogP contribution in [0.2, 0.25) is 0 Å². The number of ether oxygens (including phenoxy) is 2. The van der Waals surface area contributed by atoms with E-state index < -0.39 is 0 Å². The summed E-state index contributed by atoms with van der Waals surface area (Å²) in [6.45, 7) is 8.41. The van der Waals surface area contributed by atoms with Gasteiger partial charge in [-0.25, -0.2) is 0 Å². The van der Waals surface area contributed by atoms with Crippen molar-refractivity contribution in [3.8, 4) is 11.5 Å². The Morgan fingerprint density at radius 1 is 1.18 bits per heavy atom. The maximum Gasteiger partial charge on any atom is 0.195 e. The molecule has 1 rings (SSSR count). The highest BCUT2D eigenvalue weighted by atomic mass is 127. The van der Waals surface area contributed by atoms with Crippen LogP contribution in [0.25, 0.3) is 0 Å². The Hall–Kier alpha value is -1.18. The van der Waals surface area contributed by atoms with Crippen molar-refractivity contribution in [2.24, 2.45) is 4.99 Å². The van der Waals surface area contributed by atoms with Gasteiger partial charge in [0.15, 0.2) is 17.5 Å². The summed E-state index contributed by atoms with van der Waals surface area (Å²) >= 11 is 0. The van der Waals surface area contributed by atoms with Crippen molar-refractivity contribution in [2.75, 3.05) is 32.1 Å². The molecule has 0 aliphatic heterocycles. The van der Waals surface area contributed by atoms with Crippen LogP contribution < -0.4 is 20.1 Å². The SMILES string of the molecule is CCCCN=C(NCC)Nc1ccc(OC)c(OCC)c1.I. The zero-order valence-electron chi connectivity index (χ0n) is 13.9. The topological polar surface area (TPSA) is 54.9 Å². The van der Waals surface area contributed by atoms with Gasteiger partial charge in [-0.2, -0.15) is 0 Å². The van der Waals surface area contributed by atoms with Crippen LogP contribution in [0.4, 0.5) is 5.69 Å². The fourth-order valence-electron chi connectivity index (χ4n) is 1.82. The fraction of sp³-hybridized carbons (Fsp3) is 0.562. The number of rotatable bonds is 8. The molecule has 0 unspecified atom stereocenters. The lowest BCUT2D eigenvalue weighted by Gasteiger charge is -2.14. The number of unbranched alkanes of at least 4 members (excludes halogenated alkanes) is 1. The average molecular weight is 421 g/mol. The number of aliphatic imine (C=N–C) groups is 1. The van der Waals surface area contributed by atoms with Crippen LogP contribution >= 0.6 is 24.0 Å². The third-order valence-electron chi connectivity index (χ3n) is 2.85. The summed E-state index contributed by atoms with van der Waals surface area (Å²) in [7, 11) is 1.64. The molecule has 0 atom stereocenters. The van der Waals surface area contributed by atoms with Gasteiger partial charge in [0.25, 0.3) is 0 Å².